The lowest BCUT2D eigenvalue weighted by atomic mass is 9.85. The number of aliphatic hydroxyl groups is 2. The summed E-state index contributed by atoms with van der Waals surface area (Å²) < 4.78 is 80.5. The summed E-state index contributed by atoms with van der Waals surface area (Å²) in [4.78, 5) is 91.2. The molecule has 27 heteroatoms. The average Bonchev–Trinajstić information content (AvgIpc) is 3.10. The van der Waals surface area contributed by atoms with Gasteiger partial charge in [0.2, 0.25) is 0 Å². The van der Waals surface area contributed by atoms with E-state index in [-0.39, 0.29) is 28.5 Å². The molecule has 352 valence electrons. The summed E-state index contributed by atoms with van der Waals surface area (Å²) in [6.45, 7) is 0.240. The van der Waals surface area contributed by atoms with Crippen LogP contribution in [0.25, 0.3) is 0 Å². The molecule has 0 aromatic rings. The Hall–Kier alpha value is -1.67. The number of hydrogen-bond donors (Lipinski definition) is 9. The summed E-state index contributed by atoms with van der Waals surface area (Å²) in [7, 11) is -23.1. The summed E-state index contributed by atoms with van der Waals surface area (Å²) in [5, 5.41) is 21.6. The van der Waals surface area contributed by atoms with E-state index in [0.29, 0.717) is 12.8 Å². The van der Waals surface area contributed by atoms with Gasteiger partial charge in [0.15, 0.2) is 6.10 Å². The van der Waals surface area contributed by atoms with Crippen LogP contribution in [0.1, 0.15) is 105 Å². The topological polar surface area (TPSA) is 349 Å². The number of esters is 2. The minimum atomic E-state index is -5.80. The zero-order valence-corrected chi connectivity index (χ0v) is 36.6. The van der Waals surface area contributed by atoms with Gasteiger partial charge in [-0.2, -0.15) is 13.5 Å². The summed E-state index contributed by atoms with van der Waals surface area (Å²) in [6.07, 6.45) is 0.220. The third-order valence-corrected chi connectivity index (χ3v) is 10.5. The van der Waals surface area contributed by atoms with Crippen LogP contribution in [-0.4, -0.2) is 112 Å². The lowest BCUT2D eigenvalue weighted by molar-refractivity contribution is -0.209. The van der Waals surface area contributed by atoms with E-state index in [1.54, 1.807) is 0 Å². The number of phosphoric acid groups is 4. The molecule has 0 aromatic carbocycles. The van der Waals surface area contributed by atoms with Crippen molar-refractivity contribution < 1.29 is 113 Å². The smallest absolute Gasteiger partial charge is 0.456 e. The first-order valence-corrected chi connectivity index (χ1v) is 24.1. The predicted molar refractivity (Wildman–Crippen MR) is 222 cm³/mol. The molecule has 1 aliphatic carbocycles. The minimum absolute atomic E-state index is 0. The molecule has 1 aliphatic rings. The molecule has 59 heavy (non-hydrogen) atoms. The molecular formula is C32H66O22P4S. The lowest BCUT2D eigenvalue weighted by Crippen LogP contribution is -2.65. The van der Waals surface area contributed by atoms with Crippen molar-refractivity contribution in [2.24, 2.45) is 0 Å². The number of unbranched alkanes of at least 4 members (excludes halogenated alkanes) is 12. The maximum absolute atomic E-state index is 13.0. The van der Waals surface area contributed by atoms with Crippen LogP contribution in [0.15, 0.2) is 0 Å². The Morgan fingerprint density at radius 2 is 1.07 bits per heavy atom. The SMILES string of the molecule is C#CC#CC#CC(=O)OC[C@H](COP(=O)(O)OC1C(O)[C@@H](OP(=O)(O)O)C(OP(=O)(O)O)[C@@H](OP(=O)(O)O)[C@H]1O)OC(=O)CCCCCCCCCCCCCCC.S.[HH].[HH].[HH].[HH].[HH].[HH]. The monoisotopic (exact) mass is 958 g/mol. The Morgan fingerprint density at radius 1 is 0.627 bits per heavy atom. The molecule has 0 radical (unpaired) electrons. The standard InChI is InChI=1S/C32H52O22P4.H2S.6H2/c1-3-5-7-9-10-11-12-13-14-15-16-17-19-21-26(34)50-24(22-48-25(33)20-18-8-6-4-2)23-49-58(46,47)54-29-27(35)30(51-55(37,38)39)32(53-57(43,44)45)31(28(29)36)52-56(40,41)42;;;;;;;/h2,24,27-32,35-36H,3,5,7,9-17,19,21-23H2,1H3,(H,46,47)(H2,37,38,39)(H2,40,41,42)(H2,43,44,45);1H2;6*1H/t24-,27+,28?,29?,30+,31-,32?;;;;;;;/m1......./s1. The van der Waals surface area contributed by atoms with E-state index < -0.39 is 99.2 Å². The van der Waals surface area contributed by atoms with Crippen molar-refractivity contribution in [3.63, 3.8) is 0 Å². The van der Waals surface area contributed by atoms with E-state index >= 15 is 0 Å². The summed E-state index contributed by atoms with van der Waals surface area (Å²) in [5.74, 6) is 8.24. The molecule has 4 unspecified atom stereocenters. The van der Waals surface area contributed by atoms with E-state index in [2.05, 4.69) is 38.3 Å². The number of rotatable bonds is 28. The molecule has 1 fully saturated rings. The van der Waals surface area contributed by atoms with Crippen molar-refractivity contribution in [1.82, 2.24) is 0 Å². The van der Waals surface area contributed by atoms with Crippen LogP contribution in [0, 0.1) is 36.0 Å². The molecule has 0 saturated heterocycles. The Morgan fingerprint density at radius 3 is 1.51 bits per heavy atom. The Labute approximate surface area is 358 Å². The van der Waals surface area contributed by atoms with E-state index in [9.17, 15) is 72.3 Å². The molecule has 0 spiro atoms. The van der Waals surface area contributed by atoms with Crippen molar-refractivity contribution in [2.45, 2.75) is 140 Å². The number of carbonyl (C=O) groups excluding carboxylic acids is 2. The van der Waals surface area contributed by atoms with E-state index in [1.807, 2.05) is 11.8 Å². The van der Waals surface area contributed by atoms with Gasteiger partial charge >= 0.3 is 43.2 Å². The largest absolute Gasteiger partial charge is 0.472 e. The van der Waals surface area contributed by atoms with Gasteiger partial charge in [-0.05, 0) is 30.1 Å². The molecule has 0 bridgehead atoms. The van der Waals surface area contributed by atoms with Crippen LogP contribution in [0.4, 0.5) is 0 Å². The predicted octanol–water partition coefficient (Wildman–Crippen LogP) is 3.82. The Balaban J connectivity index is -0.000000961. The highest BCUT2D eigenvalue weighted by atomic mass is 32.1. The van der Waals surface area contributed by atoms with Gasteiger partial charge in [0.05, 0.1) is 6.61 Å². The Kier molecular flexibility index (Phi) is 28.0. The van der Waals surface area contributed by atoms with Crippen LogP contribution >= 0.6 is 44.8 Å². The molecule has 8 atom stereocenters. The highest BCUT2D eigenvalue weighted by Crippen LogP contribution is 2.53. The van der Waals surface area contributed by atoms with E-state index in [1.165, 1.54) is 38.5 Å². The number of carbonyl (C=O) groups is 2. The fourth-order valence-corrected chi connectivity index (χ4v) is 8.13. The first-order valence-electron chi connectivity index (χ1n) is 18.0. The van der Waals surface area contributed by atoms with Gasteiger partial charge in [0, 0.05) is 20.9 Å². The molecule has 0 aromatic heterocycles. The maximum Gasteiger partial charge on any atom is 0.472 e. The number of phosphoric ester groups is 4. The normalized spacial score (nSPS) is 22.2. The van der Waals surface area contributed by atoms with Crippen LogP contribution in [0.2, 0.25) is 0 Å². The highest BCUT2D eigenvalue weighted by Gasteiger charge is 2.59. The molecule has 1 saturated carbocycles. The second kappa shape index (κ2) is 28.8. The fraction of sp³-hybridized carbons (Fsp3) is 0.750. The molecule has 0 aliphatic heterocycles. The van der Waals surface area contributed by atoms with Crippen LogP contribution in [0.3, 0.4) is 0 Å². The van der Waals surface area contributed by atoms with Gasteiger partial charge in [-0.25, -0.2) is 23.1 Å². The Bertz CT molecular complexity index is 1640. The van der Waals surface area contributed by atoms with Gasteiger partial charge in [-0.1, -0.05) is 84.0 Å². The van der Waals surface area contributed by atoms with Gasteiger partial charge < -0.3 is 53.9 Å². The van der Waals surface area contributed by atoms with Crippen LogP contribution < -0.4 is 0 Å². The number of aliphatic hydroxyl groups excluding tert-OH is 2. The number of ether oxygens (including phenoxy) is 2. The van der Waals surface area contributed by atoms with E-state index in [0.717, 1.165) is 32.1 Å². The van der Waals surface area contributed by atoms with Crippen LogP contribution in [0.5, 0.6) is 0 Å². The molecule has 22 nitrogen and oxygen atoms in total. The second-order valence-electron chi connectivity index (χ2n) is 12.8. The van der Waals surface area contributed by atoms with Gasteiger partial charge in [-0.3, -0.25) is 27.4 Å². The third-order valence-electron chi connectivity index (χ3n) is 7.99. The van der Waals surface area contributed by atoms with E-state index in [4.69, 9.17) is 24.9 Å². The van der Waals surface area contributed by atoms with Crippen molar-refractivity contribution >= 4 is 56.7 Å². The number of terminal acetylenes is 1. The molecular weight excluding hydrogens is 892 g/mol. The summed E-state index contributed by atoms with van der Waals surface area (Å²) in [6, 6.07) is 0. The average molecular weight is 959 g/mol. The summed E-state index contributed by atoms with van der Waals surface area (Å²) >= 11 is 0. The lowest BCUT2D eigenvalue weighted by Gasteiger charge is -2.45. The van der Waals surface area contributed by atoms with Gasteiger partial charge in [0.25, 0.3) is 0 Å². The van der Waals surface area contributed by atoms with Gasteiger partial charge in [0.1, 0.15) is 43.2 Å². The summed E-state index contributed by atoms with van der Waals surface area (Å²) in [5.41, 5.74) is 0. The minimum Gasteiger partial charge on any atom is -0.456 e. The molecule has 0 amide bonds. The molecule has 1 rings (SSSR count). The molecule has 9 N–H and O–H groups in total. The van der Waals surface area contributed by atoms with Crippen molar-refractivity contribution in [2.75, 3.05) is 13.2 Å². The maximum atomic E-state index is 13.0. The van der Waals surface area contributed by atoms with Crippen molar-refractivity contribution in [3.8, 4) is 36.0 Å². The van der Waals surface area contributed by atoms with Crippen molar-refractivity contribution in [3.05, 3.63) is 0 Å². The van der Waals surface area contributed by atoms with Crippen molar-refractivity contribution in [1.29, 1.82) is 0 Å². The zero-order chi connectivity index (χ0) is 44.0. The quantitative estimate of drug-likeness (QED) is 0.0177. The molecule has 0 heterocycles. The fourth-order valence-electron chi connectivity index (χ4n) is 5.48. The zero-order valence-electron chi connectivity index (χ0n) is 32.1. The van der Waals surface area contributed by atoms with Crippen LogP contribution in [-0.2, 0) is 59.9 Å². The first kappa shape index (κ1) is 57.3. The number of hydrogen-bond acceptors (Lipinski definition) is 15. The third kappa shape index (κ3) is 27.1. The second-order valence-corrected chi connectivity index (χ2v) is 17.8. The first-order chi connectivity index (χ1) is 27.0. The highest BCUT2D eigenvalue weighted by molar-refractivity contribution is 7.59. The van der Waals surface area contributed by atoms with Gasteiger partial charge in [-0.15, -0.1) is 6.42 Å².